The molecule has 5 nitrogen and oxygen atoms in total. The average molecular weight is 469 g/mol. The molecule has 1 atom stereocenters. The SMILES string of the molecule is CN(Cc1ccccc1F)C(=O)[C@H]1CCCN(S(=O)(=O)c2ccc(Br)cc2)C1. The number of nitrogens with zero attached hydrogens (tertiary/aromatic N) is 2. The van der Waals surface area contributed by atoms with Crippen LogP contribution in [0.25, 0.3) is 0 Å². The highest BCUT2D eigenvalue weighted by Crippen LogP contribution is 2.26. The van der Waals surface area contributed by atoms with E-state index in [1.807, 2.05) is 0 Å². The van der Waals surface area contributed by atoms with Gasteiger partial charge in [0, 0.05) is 36.7 Å². The zero-order valence-corrected chi connectivity index (χ0v) is 17.9. The molecular formula is C20H22BrFN2O3S. The van der Waals surface area contributed by atoms with Crippen LogP contribution in [0.1, 0.15) is 18.4 Å². The summed E-state index contributed by atoms with van der Waals surface area (Å²) in [6, 6.07) is 12.8. The monoisotopic (exact) mass is 468 g/mol. The molecule has 0 unspecified atom stereocenters. The van der Waals surface area contributed by atoms with E-state index in [1.54, 1.807) is 49.5 Å². The Balaban J connectivity index is 1.71. The number of piperidine rings is 1. The van der Waals surface area contributed by atoms with Crippen molar-refractivity contribution in [2.75, 3.05) is 20.1 Å². The minimum atomic E-state index is -3.65. The van der Waals surface area contributed by atoms with Crippen molar-refractivity contribution in [3.05, 3.63) is 64.4 Å². The van der Waals surface area contributed by atoms with Crippen molar-refractivity contribution in [1.29, 1.82) is 0 Å². The van der Waals surface area contributed by atoms with Crippen molar-refractivity contribution >= 4 is 31.9 Å². The number of sulfonamides is 1. The van der Waals surface area contributed by atoms with Gasteiger partial charge in [-0.05, 0) is 43.2 Å². The van der Waals surface area contributed by atoms with Gasteiger partial charge in [-0.1, -0.05) is 34.1 Å². The summed E-state index contributed by atoms with van der Waals surface area (Å²) in [7, 11) is -2.03. The molecular weight excluding hydrogens is 447 g/mol. The smallest absolute Gasteiger partial charge is 0.243 e. The molecule has 2 aromatic rings. The molecule has 28 heavy (non-hydrogen) atoms. The summed E-state index contributed by atoms with van der Waals surface area (Å²) in [4.78, 5) is 14.5. The number of hydrogen-bond donors (Lipinski definition) is 0. The van der Waals surface area contributed by atoms with Crippen LogP contribution in [0.15, 0.2) is 57.9 Å². The third-order valence-corrected chi connectivity index (χ3v) is 7.33. The van der Waals surface area contributed by atoms with Crippen molar-refractivity contribution < 1.29 is 17.6 Å². The van der Waals surface area contributed by atoms with E-state index >= 15 is 0 Å². The summed E-state index contributed by atoms with van der Waals surface area (Å²) in [5.41, 5.74) is 0.438. The molecule has 1 amide bonds. The maximum atomic E-state index is 13.9. The average Bonchev–Trinajstić information content (AvgIpc) is 2.69. The zero-order chi connectivity index (χ0) is 20.3. The molecule has 3 rings (SSSR count). The van der Waals surface area contributed by atoms with E-state index in [2.05, 4.69) is 15.9 Å². The topological polar surface area (TPSA) is 57.7 Å². The van der Waals surface area contributed by atoms with Crippen LogP contribution in [0.2, 0.25) is 0 Å². The van der Waals surface area contributed by atoms with Crippen LogP contribution < -0.4 is 0 Å². The summed E-state index contributed by atoms with van der Waals surface area (Å²) < 4.78 is 41.9. The first-order valence-electron chi connectivity index (χ1n) is 9.03. The van der Waals surface area contributed by atoms with Crippen molar-refractivity contribution in [2.24, 2.45) is 5.92 Å². The van der Waals surface area contributed by atoms with Crippen molar-refractivity contribution in [1.82, 2.24) is 9.21 Å². The summed E-state index contributed by atoms with van der Waals surface area (Å²) >= 11 is 3.30. The largest absolute Gasteiger partial charge is 0.341 e. The molecule has 150 valence electrons. The minimum Gasteiger partial charge on any atom is -0.341 e. The molecule has 0 saturated carbocycles. The van der Waals surface area contributed by atoms with Crippen LogP contribution >= 0.6 is 15.9 Å². The molecule has 1 aliphatic rings. The molecule has 1 aliphatic heterocycles. The second-order valence-corrected chi connectivity index (χ2v) is 9.80. The van der Waals surface area contributed by atoms with Crippen LogP contribution in [0.5, 0.6) is 0 Å². The first-order valence-corrected chi connectivity index (χ1v) is 11.3. The van der Waals surface area contributed by atoms with Gasteiger partial charge in [0.15, 0.2) is 0 Å². The normalized spacial score (nSPS) is 18.0. The maximum Gasteiger partial charge on any atom is 0.243 e. The Morgan fingerprint density at radius 1 is 1.21 bits per heavy atom. The molecule has 1 fully saturated rings. The standard InChI is InChI=1S/C20H22BrFN2O3S/c1-23(13-15-5-2-3-7-19(15)22)20(25)16-6-4-12-24(14-16)28(26,27)18-10-8-17(21)9-11-18/h2-3,5,7-11,16H,4,6,12-14H2,1H3/t16-/m0/s1. The summed E-state index contributed by atoms with van der Waals surface area (Å²) in [5, 5.41) is 0. The van der Waals surface area contributed by atoms with E-state index in [4.69, 9.17) is 0 Å². The highest BCUT2D eigenvalue weighted by Gasteiger charge is 2.34. The van der Waals surface area contributed by atoms with Crippen LogP contribution in [0.3, 0.4) is 0 Å². The van der Waals surface area contributed by atoms with Gasteiger partial charge in [-0.2, -0.15) is 4.31 Å². The molecule has 0 spiro atoms. The molecule has 0 aromatic heterocycles. The quantitative estimate of drug-likeness (QED) is 0.672. The first kappa shape index (κ1) is 21.0. The van der Waals surface area contributed by atoms with Crippen molar-refractivity contribution in [3.63, 3.8) is 0 Å². The number of halogens is 2. The highest BCUT2D eigenvalue weighted by atomic mass is 79.9. The molecule has 0 N–H and O–H groups in total. The Morgan fingerprint density at radius 2 is 1.89 bits per heavy atom. The Labute approximate surface area is 173 Å². The van der Waals surface area contributed by atoms with Crippen LogP contribution in [0.4, 0.5) is 4.39 Å². The molecule has 0 radical (unpaired) electrons. The number of carbonyl (C=O) groups excluding carboxylic acids is 1. The summed E-state index contributed by atoms with van der Waals surface area (Å²) in [6.07, 6.45) is 1.23. The fourth-order valence-electron chi connectivity index (χ4n) is 3.39. The number of carbonyl (C=O) groups is 1. The molecule has 1 heterocycles. The Morgan fingerprint density at radius 3 is 2.57 bits per heavy atom. The van der Waals surface area contributed by atoms with Gasteiger partial charge in [-0.15, -0.1) is 0 Å². The Kier molecular flexibility index (Phi) is 6.52. The van der Waals surface area contributed by atoms with Crippen molar-refractivity contribution in [3.8, 4) is 0 Å². The van der Waals surface area contributed by atoms with Gasteiger partial charge in [0.25, 0.3) is 0 Å². The van der Waals surface area contributed by atoms with Gasteiger partial charge in [-0.3, -0.25) is 4.79 Å². The molecule has 0 aliphatic carbocycles. The number of rotatable bonds is 5. The second-order valence-electron chi connectivity index (χ2n) is 6.94. The number of hydrogen-bond acceptors (Lipinski definition) is 3. The molecule has 2 aromatic carbocycles. The lowest BCUT2D eigenvalue weighted by Crippen LogP contribution is -2.45. The van der Waals surface area contributed by atoms with Gasteiger partial charge in [0.1, 0.15) is 5.82 Å². The predicted octanol–water partition coefficient (Wildman–Crippen LogP) is 3.65. The van der Waals surface area contributed by atoms with Gasteiger partial charge in [0.2, 0.25) is 15.9 Å². The van der Waals surface area contributed by atoms with E-state index < -0.39 is 15.9 Å². The Hall–Kier alpha value is -1.77. The molecule has 0 bridgehead atoms. The Bertz CT molecular complexity index is 950. The first-order chi connectivity index (χ1) is 13.3. The third-order valence-electron chi connectivity index (χ3n) is 4.93. The highest BCUT2D eigenvalue weighted by molar-refractivity contribution is 9.10. The third kappa shape index (κ3) is 4.61. The van der Waals surface area contributed by atoms with E-state index in [1.165, 1.54) is 15.3 Å². The van der Waals surface area contributed by atoms with Gasteiger partial charge in [0.05, 0.1) is 10.8 Å². The van der Waals surface area contributed by atoms with E-state index in [-0.39, 0.29) is 29.7 Å². The lowest BCUT2D eigenvalue weighted by atomic mass is 9.98. The number of amides is 1. The fourth-order valence-corrected chi connectivity index (χ4v) is 5.18. The van der Waals surface area contributed by atoms with Gasteiger partial charge < -0.3 is 4.90 Å². The predicted molar refractivity (Wildman–Crippen MR) is 108 cm³/mol. The van der Waals surface area contributed by atoms with E-state index in [0.717, 1.165) is 4.47 Å². The van der Waals surface area contributed by atoms with Crippen LogP contribution in [-0.2, 0) is 21.4 Å². The summed E-state index contributed by atoms with van der Waals surface area (Å²) in [5.74, 6) is -0.958. The van der Waals surface area contributed by atoms with Gasteiger partial charge >= 0.3 is 0 Å². The lowest BCUT2D eigenvalue weighted by Gasteiger charge is -2.33. The molecule has 8 heteroatoms. The van der Waals surface area contributed by atoms with Crippen molar-refractivity contribution in [2.45, 2.75) is 24.3 Å². The van der Waals surface area contributed by atoms with Gasteiger partial charge in [-0.25, -0.2) is 12.8 Å². The number of benzene rings is 2. The lowest BCUT2D eigenvalue weighted by molar-refractivity contribution is -0.135. The summed E-state index contributed by atoms with van der Waals surface area (Å²) in [6.45, 7) is 0.680. The van der Waals surface area contributed by atoms with E-state index in [9.17, 15) is 17.6 Å². The maximum absolute atomic E-state index is 13.9. The molecule has 1 saturated heterocycles. The van der Waals surface area contributed by atoms with E-state index in [0.29, 0.717) is 24.9 Å². The fraction of sp³-hybridized carbons (Fsp3) is 0.350. The minimum absolute atomic E-state index is 0.138. The second kappa shape index (κ2) is 8.71. The van der Waals surface area contributed by atoms with Crippen LogP contribution in [0, 0.1) is 11.7 Å². The zero-order valence-electron chi connectivity index (χ0n) is 15.5. The van der Waals surface area contributed by atoms with Crippen LogP contribution in [-0.4, -0.2) is 43.7 Å².